The first-order valence-electron chi connectivity index (χ1n) is 5.07. The molecule has 1 heterocycles. The average molecular weight is 296 g/mol. The lowest BCUT2D eigenvalue weighted by Gasteiger charge is -2.06. The molecule has 0 saturated heterocycles. The van der Waals surface area contributed by atoms with Gasteiger partial charge in [0.2, 0.25) is 0 Å². The fraction of sp³-hybridized carbons (Fsp3) is 0.167. The molecule has 1 aromatic heterocycles. The first kappa shape index (κ1) is 11.9. The minimum atomic E-state index is -0.401. The van der Waals surface area contributed by atoms with Gasteiger partial charge in [0.25, 0.3) is 5.69 Å². The average Bonchev–Trinajstić information content (AvgIpc) is 2.83. The molecule has 1 aromatic carbocycles. The van der Waals surface area contributed by atoms with Crippen LogP contribution in [0.15, 0.2) is 47.1 Å². The normalized spacial score (nSPS) is 12.3. The van der Waals surface area contributed by atoms with Crippen LogP contribution in [0.3, 0.4) is 0 Å². The molecule has 0 aliphatic rings. The summed E-state index contributed by atoms with van der Waals surface area (Å²) in [6.07, 6.45) is 2.35. The van der Waals surface area contributed by atoms with Gasteiger partial charge in [-0.15, -0.1) is 0 Å². The van der Waals surface area contributed by atoms with Gasteiger partial charge in [-0.25, -0.2) is 0 Å². The quantitative estimate of drug-likeness (QED) is 0.489. The minimum absolute atomic E-state index is 0.0824. The van der Waals surface area contributed by atoms with Gasteiger partial charge >= 0.3 is 0 Å². The monoisotopic (exact) mass is 295 g/mol. The van der Waals surface area contributed by atoms with Gasteiger partial charge in [0.15, 0.2) is 0 Å². The fourth-order valence-corrected chi connectivity index (χ4v) is 2.17. The van der Waals surface area contributed by atoms with Crippen molar-refractivity contribution in [2.75, 3.05) is 0 Å². The molecule has 1 atom stereocenters. The second kappa shape index (κ2) is 5.14. The van der Waals surface area contributed by atoms with Gasteiger partial charge in [-0.1, -0.05) is 28.1 Å². The van der Waals surface area contributed by atoms with Crippen molar-refractivity contribution < 1.29 is 9.34 Å². The highest BCUT2D eigenvalue weighted by molar-refractivity contribution is 9.09. The third-order valence-corrected chi connectivity index (χ3v) is 3.19. The Morgan fingerprint density at radius 3 is 2.53 bits per heavy atom. The van der Waals surface area contributed by atoms with Crippen molar-refractivity contribution in [3.63, 3.8) is 0 Å². The zero-order valence-corrected chi connectivity index (χ0v) is 10.5. The predicted molar refractivity (Wildman–Crippen MR) is 67.2 cm³/mol. The molecule has 0 amide bonds. The zero-order chi connectivity index (χ0) is 12.3. The number of furan rings is 1. The van der Waals surface area contributed by atoms with E-state index in [1.807, 2.05) is 12.1 Å². The largest absolute Gasteiger partial charge is 0.468 e. The number of nitro benzene ring substituents is 1. The maximum absolute atomic E-state index is 10.5. The van der Waals surface area contributed by atoms with Crippen LogP contribution in [0, 0.1) is 10.1 Å². The van der Waals surface area contributed by atoms with Crippen LogP contribution in [0.2, 0.25) is 0 Å². The topological polar surface area (TPSA) is 56.3 Å². The fourth-order valence-electron chi connectivity index (χ4n) is 1.53. The second-order valence-corrected chi connectivity index (χ2v) is 4.72. The molecule has 1 unspecified atom stereocenters. The molecule has 0 aliphatic heterocycles. The van der Waals surface area contributed by atoms with E-state index < -0.39 is 4.92 Å². The van der Waals surface area contributed by atoms with E-state index in [1.54, 1.807) is 18.4 Å². The predicted octanol–water partition coefficient (Wildman–Crippen LogP) is 3.87. The summed E-state index contributed by atoms with van der Waals surface area (Å²) in [6.45, 7) is 0. The summed E-state index contributed by atoms with van der Waals surface area (Å²) in [7, 11) is 0. The Morgan fingerprint density at radius 1 is 1.29 bits per heavy atom. The van der Waals surface area contributed by atoms with Gasteiger partial charge in [0, 0.05) is 12.1 Å². The van der Waals surface area contributed by atoms with Crippen LogP contribution in [0.4, 0.5) is 5.69 Å². The van der Waals surface area contributed by atoms with Crippen LogP contribution in [-0.4, -0.2) is 4.92 Å². The van der Waals surface area contributed by atoms with E-state index in [0.717, 1.165) is 17.7 Å². The van der Waals surface area contributed by atoms with Crippen LogP contribution in [-0.2, 0) is 6.42 Å². The smallest absolute Gasteiger partial charge is 0.269 e. The lowest BCUT2D eigenvalue weighted by Crippen LogP contribution is -1.94. The summed E-state index contributed by atoms with van der Waals surface area (Å²) in [4.78, 5) is 10.2. The first-order valence-corrected chi connectivity index (χ1v) is 5.99. The number of nitro groups is 1. The van der Waals surface area contributed by atoms with E-state index >= 15 is 0 Å². The number of alkyl halides is 1. The number of hydrogen-bond donors (Lipinski definition) is 0. The number of benzene rings is 1. The van der Waals surface area contributed by atoms with Crippen molar-refractivity contribution in [1.29, 1.82) is 0 Å². The molecule has 0 radical (unpaired) electrons. The Balaban J connectivity index is 2.06. The molecule has 0 fully saturated rings. The summed E-state index contributed by atoms with van der Waals surface area (Å²) in [5.41, 5.74) is 1.13. The van der Waals surface area contributed by atoms with E-state index in [0.29, 0.717) is 0 Å². The first-order chi connectivity index (χ1) is 8.16. The Labute approximate surface area is 107 Å². The van der Waals surface area contributed by atoms with Gasteiger partial charge < -0.3 is 4.42 Å². The molecule has 0 aliphatic carbocycles. The highest BCUT2D eigenvalue weighted by Crippen LogP contribution is 2.27. The standard InChI is InChI=1S/C12H10BrNO3/c13-11(12-2-1-7-17-12)8-9-3-5-10(6-4-9)14(15)16/h1-7,11H,8H2. The van der Waals surface area contributed by atoms with E-state index in [2.05, 4.69) is 15.9 Å². The highest BCUT2D eigenvalue weighted by Gasteiger charge is 2.12. The molecule has 0 bridgehead atoms. The zero-order valence-electron chi connectivity index (χ0n) is 8.88. The van der Waals surface area contributed by atoms with Crippen LogP contribution in [0.1, 0.15) is 16.2 Å². The second-order valence-electron chi connectivity index (χ2n) is 3.61. The molecule has 4 nitrogen and oxygen atoms in total. The van der Waals surface area contributed by atoms with Crippen LogP contribution >= 0.6 is 15.9 Å². The van der Waals surface area contributed by atoms with Crippen LogP contribution < -0.4 is 0 Å². The lowest BCUT2D eigenvalue weighted by molar-refractivity contribution is -0.384. The summed E-state index contributed by atoms with van der Waals surface area (Å²) >= 11 is 3.52. The molecule has 0 spiro atoms. The molecular formula is C12H10BrNO3. The lowest BCUT2D eigenvalue weighted by atomic mass is 10.1. The highest BCUT2D eigenvalue weighted by atomic mass is 79.9. The number of rotatable bonds is 4. The van der Waals surface area contributed by atoms with Crippen LogP contribution in [0.5, 0.6) is 0 Å². The van der Waals surface area contributed by atoms with Crippen molar-refractivity contribution in [2.45, 2.75) is 11.2 Å². The third kappa shape index (κ3) is 2.94. The van der Waals surface area contributed by atoms with E-state index in [-0.39, 0.29) is 10.5 Å². The molecule has 88 valence electrons. The maximum atomic E-state index is 10.5. The summed E-state index contributed by atoms with van der Waals surface area (Å²) in [5.74, 6) is 0.850. The molecule has 0 N–H and O–H groups in total. The Hall–Kier alpha value is -1.62. The van der Waals surface area contributed by atoms with Gasteiger partial charge in [-0.05, 0) is 24.1 Å². The molecular weight excluding hydrogens is 286 g/mol. The number of hydrogen-bond acceptors (Lipinski definition) is 3. The van der Waals surface area contributed by atoms with Crippen LogP contribution in [0.25, 0.3) is 0 Å². The van der Waals surface area contributed by atoms with E-state index in [1.165, 1.54) is 12.1 Å². The van der Waals surface area contributed by atoms with Gasteiger partial charge in [0.05, 0.1) is 16.0 Å². The SMILES string of the molecule is O=[N+]([O-])c1ccc(CC(Br)c2ccco2)cc1. The van der Waals surface area contributed by atoms with Gasteiger partial charge in [-0.3, -0.25) is 10.1 Å². The molecule has 0 saturated carbocycles. The van der Waals surface area contributed by atoms with Crippen molar-refractivity contribution in [3.05, 3.63) is 64.1 Å². The summed E-state index contributed by atoms with van der Waals surface area (Å²) in [6, 6.07) is 10.3. The molecule has 5 heteroatoms. The summed E-state index contributed by atoms with van der Waals surface area (Å²) in [5, 5.41) is 10.5. The summed E-state index contributed by atoms with van der Waals surface area (Å²) < 4.78 is 5.27. The number of non-ortho nitro benzene ring substituents is 1. The Morgan fingerprint density at radius 2 is 2.00 bits per heavy atom. The van der Waals surface area contributed by atoms with Gasteiger partial charge in [0.1, 0.15) is 5.76 Å². The van der Waals surface area contributed by atoms with E-state index in [9.17, 15) is 10.1 Å². The van der Waals surface area contributed by atoms with Crippen molar-refractivity contribution in [2.24, 2.45) is 0 Å². The molecule has 2 rings (SSSR count). The van der Waals surface area contributed by atoms with Gasteiger partial charge in [-0.2, -0.15) is 0 Å². The van der Waals surface area contributed by atoms with Crippen molar-refractivity contribution in [3.8, 4) is 0 Å². The molecule has 17 heavy (non-hydrogen) atoms. The number of nitrogens with zero attached hydrogens (tertiary/aromatic N) is 1. The Bertz CT molecular complexity index is 493. The van der Waals surface area contributed by atoms with E-state index in [4.69, 9.17) is 4.42 Å². The number of halogens is 1. The minimum Gasteiger partial charge on any atom is -0.468 e. The van der Waals surface area contributed by atoms with Crippen molar-refractivity contribution >= 4 is 21.6 Å². The Kier molecular flexibility index (Phi) is 3.58. The van der Waals surface area contributed by atoms with Crippen molar-refractivity contribution in [1.82, 2.24) is 0 Å². The maximum Gasteiger partial charge on any atom is 0.269 e. The third-order valence-electron chi connectivity index (χ3n) is 2.41. The molecule has 2 aromatic rings.